The fourth-order valence-corrected chi connectivity index (χ4v) is 2.28. The van der Waals surface area contributed by atoms with Crippen LogP contribution in [0.3, 0.4) is 0 Å². The van der Waals surface area contributed by atoms with Gasteiger partial charge in [-0.25, -0.2) is 9.37 Å². The average molecular weight is 261 g/mol. The van der Waals surface area contributed by atoms with Crippen LogP contribution in [0.25, 0.3) is 11.4 Å². The van der Waals surface area contributed by atoms with Gasteiger partial charge in [0.05, 0.1) is 11.3 Å². The molecule has 1 aliphatic heterocycles. The second-order valence-corrected chi connectivity index (χ2v) is 4.40. The molecule has 1 atom stereocenters. The number of imidazole rings is 1. The number of rotatable bonds is 2. The average Bonchev–Trinajstić information content (AvgIpc) is 2.82. The Morgan fingerprint density at radius 1 is 1.42 bits per heavy atom. The summed E-state index contributed by atoms with van der Waals surface area (Å²) in [6, 6.07) is 5.45. The Hall–Kier alpha value is -2.21. The van der Waals surface area contributed by atoms with Gasteiger partial charge in [0.25, 0.3) is 0 Å². The van der Waals surface area contributed by atoms with Crippen LogP contribution in [0.2, 0.25) is 0 Å². The summed E-state index contributed by atoms with van der Waals surface area (Å²) in [4.78, 5) is 18.4. The molecular formula is C13H12FN3O2. The number of H-pyrrole nitrogens is 1. The summed E-state index contributed by atoms with van der Waals surface area (Å²) in [5, 5.41) is 12.0. The van der Waals surface area contributed by atoms with Crippen LogP contribution in [0.5, 0.6) is 0 Å². The van der Waals surface area contributed by atoms with Crippen molar-refractivity contribution in [3.05, 3.63) is 41.5 Å². The standard InChI is InChI=1S/C13H12FN3O2/c14-8-4-2-1-3-7(8)12-16-9-5-6-15-11(13(18)19)10(9)17-12/h1-4,11,15H,5-6H2,(H,16,17)(H,18,19). The smallest absolute Gasteiger partial charge is 0.327 e. The Kier molecular flexibility index (Phi) is 2.79. The van der Waals surface area contributed by atoms with Crippen molar-refractivity contribution in [2.45, 2.75) is 12.5 Å². The molecule has 3 N–H and O–H groups in total. The number of fused-ring (bicyclic) bond motifs is 1. The van der Waals surface area contributed by atoms with E-state index >= 15 is 0 Å². The maximum absolute atomic E-state index is 13.7. The Morgan fingerprint density at radius 2 is 2.21 bits per heavy atom. The van der Waals surface area contributed by atoms with E-state index in [4.69, 9.17) is 5.11 Å². The number of halogens is 1. The second-order valence-electron chi connectivity index (χ2n) is 4.40. The van der Waals surface area contributed by atoms with Crippen molar-refractivity contribution < 1.29 is 14.3 Å². The van der Waals surface area contributed by atoms with Gasteiger partial charge in [0.2, 0.25) is 0 Å². The third-order valence-electron chi connectivity index (χ3n) is 3.18. The lowest BCUT2D eigenvalue weighted by Crippen LogP contribution is -2.35. The molecular weight excluding hydrogens is 249 g/mol. The SMILES string of the molecule is O=C(O)C1NCCc2[nH]c(-c3ccccc3F)nc21. The molecule has 1 aliphatic rings. The minimum absolute atomic E-state index is 0.348. The van der Waals surface area contributed by atoms with Gasteiger partial charge in [0, 0.05) is 18.7 Å². The highest BCUT2D eigenvalue weighted by Gasteiger charge is 2.29. The molecule has 19 heavy (non-hydrogen) atoms. The normalized spacial score (nSPS) is 18.1. The molecule has 1 aromatic heterocycles. The number of nitrogens with zero attached hydrogens (tertiary/aromatic N) is 1. The zero-order valence-electron chi connectivity index (χ0n) is 9.98. The van der Waals surface area contributed by atoms with Gasteiger partial charge in [-0.2, -0.15) is 0 Å². The lowest BCUT2D eigenvalue weighted by atomic mass is 10.1. The van der Waals surface area contributed by atoms with Gasteiger partial charge in [-0.15, -0.1) is 0 Å². The van der Waals surface area contributed by atoms with E-state index in [0.717, 1.165) is 5.69 Å². The highest BCUT2D eigenvalue weighted by Crippen LogP contribution is 2.26. The van der Waals surface area contributed by atoms with Gasteiger partial charge in [0.1, 0.15) is 11.6 Å². The van der Waals surface area contributed by atoms with Gasteiger partial charge in [-0.3, -0.25) is 10.1 Å². The second kappa shape index (κ2) is 4.47. The van der Waals surface area contributed by atoms with Crippen LogP contribution in [-0.2, 0) is 11.2 Å². The van der Waals surface area contributed by atoms with Crippen LogP contribution in [-0.4, -0.2) is 27.6 Å². The summed E-state index contributed by atoms with van der Waals surface area (Å²) < 4.78 is 13.7. The lowest BCUT2D eigenvalue weighted by molar-refractivity contribution is -0.139. The minimum atomic E-state index is -0.979. The summed E-state index contributed by atoms with van der Waals surface area (Å²) in [5.41, 5.74) is 1.54. The number of carboxylic acids is 1. The number of aromatic nitrogens is 2. The van der Waals surface area contributed by atoms with E-state index in [0.29, 0.717) is 30.0 Å². The van der Waals surface area contributed by atoms with Crippen molar-refractivity contribution in [2.24, 2.45) is 0 Å². The summed E-state index contributed by atoms with van der Waals surface area (Å²) in [6.07, 6.45) is 0.653. The van der Waals surface area contributed by atoms with E-state index in [9.17, 15) is 9.18 Å². The number of hydrogen-bond acceptors (Lipinski definition) is 3. The van der Waals surface area contributed by atoms with Crippen LogP contribution in [0.15, 0.2) is 24.3 Å². The molecule has 0 fully saturated rings. The van der Waals surface area contributed by atoms with Crippen molar-refractivity contribution >= 4 is 5.97 Å². The molecule has 1 aromatic carbocycles. The Bertz CT molecular complexity index is 639. The summed E-state index contributed by atoms with van der Waals surface area (Å²) in [6.45, 7) is 0.558. The van der Waals surface area contributed by atoms with Crippen LogP contribution < -0.4 is 5.32 Å². The minimum Gasteiger partial charge on any atom is -0.480 e. The first-order chi connectivity index (χ1) is 9.16. The van der Waals surface area contributed by atoms with Crippen LogP contribution in [0, 0.1) is 5.82 Å². The molecule has 0 amide bonds. The van der Waals surface area contributed by atoms with E-state index < -0.39 is 12.0 Å². The van der Waals surface area contributed by atoms with E-state index in [1.165, 1.54) is 6.07 Å². The number of aromatic amines is 1. The van der Waals surface area contributed by atoms with E-state index in [2.05, 4.69) is 15.3 Å². The van der Waals surface area contributed by atoms with Gasteiger partial charge in [-0.05, 0) is 12.1 Å². The first-order valence-corrected chi connectivity index (χ1v) is 5.96. The van der Waals surface area contributed by atoms with Crippen LogP contribution >= 0.6 is 0 Å². The molecule has 2 heterocycles. The van der Waals surface area contributed by atoms with E-state index in [-0.39, 0.29) is 5.82 Å². The zero-order chi connectivity index (χ0) is 13.4. The lowest BCUT2D eigenvalue weighted by Gasteiger charge is -2.18. The molecule has 0 radical (unpaired) electrons. The van der Waals surface area contributed by atoms with Crippen LogP contribution in [0.1, 0.15) is 17.4 Å². The highest BCUT2D eigenvalue weighted by atomic mass is 19.1. The zero-order valence-corrected chi connectivity index (χ0v) is 9.98. The number of hydrogen-bond donors (Lipinski definition) is 3. The number of carboxylic acid groups (broad SMARTS) is 1. The van der Waals surface area contributed by atoms with Gasteiger partial charge in [-0.1, -0.05) is 12.1 Å². The van der Waals surface area contributed by atoms with Gasteiger partial charge >= 0.3 is 5.97 Å². The Labute approximate surface area is 108 Å². The number of aliphatic carboxylic acids is 1. The molecule has 98 valence electrons. The summed E-state index contributed by atoms with van der Waals surface area (Å²) in [5.74, 6) is -0.987. The third kappa shape index (κ3) is 2.00. The van der Waals surface area contributed by atoms with Crippen molar-refractivity contribution in [2.75, 3.05) is 6.54 Å². The molecule has 0 bridgehead atoms. The number of nitrogens with one attached hydrogen (secondary N) is 2. The van der Waals surface area contributed by atoms with Crippen molar-refractivity contribution in [1.29, 1.82) is 0 Å². The molecule has 0 spiro atoms. The first kappa shape index (κ1) is 11.9. The fourth-order valence-electron chi connectivity index (χ4n) is 2.28. The van der Waals surface area contributed by atoms with Crippen molar-refractivity contribution in [3.63, 3.8) is 0 Å². The predicted molar refractivity (Wildman–Crippen MR) is 66.1 cm³/mol. The third-order valence-corrected chi connectivity index (χ3v) is 3.18. The maximum Gasteiger partial charge on any atom is 0.327 e. The number of benzene rings is 1. The molecule has 2 aromatic rings. The van der Waals surface area contributed by atoms with Crippen molar-refractivity contribution in [3.8, 4) is 11.4 Å². The molecule has 0 saturated carbocycles. The van der Waals surface area contributed by atoms with E-state index in [1.807, 2.05) is 0 Å². The monoisotopic (exact) mass is 261 g/mol. The summed E-state index contributed by atoms with van der Waals surface area (Å²) >= 11 is 0. The molecule has 5 nitrogen and oxygen atoms in total. The molecule has 1 unspecified atom stereocenters. The van der Waals surface area contributed by atoms with E-state index in [1.54, 1.807) is 18.2 Å². The van der Waals surface area contributed by atoms with Gasteiger partial charge < -0.3 is 10.1 Å². The molecule has 0 saturated heterocycles. The first-order valence-electron chi connectivity index (χ1n) is 5.96. The molecule has 3 rings (SSSR count). The van der Waals surface area contributed by atoms with Gasteiger partial charge in [0.15, 0.2) is 6.04 Å². The topological polar surface area (TPSA) is 78.0 Å². The summed E-state index contributed by atoms with van der Waals surface area (Å²) in [7, 11) is 0. The predicted octanol–water partition coefficient (Wildman–Crippen LogP) is 1.49. The highest BCUT2D eigenvalue weighted by molar-refractivity contribution is 5.76. The quantitative estimate of drug-likeness (QED) is 0.765. The number of carbonyl (C=O) groups is 1. The Balaban J connectivity index is 2.07. The van der Waals surface area contributed by atoms with Crippen molar-refractivity contribution in [1.82, 2.24) is 15.3 Å². The Morgan fingerprint density at radius 3 is 2.95 bits per heavy atom. The largest absolute Gasteiger partial charge is 0.480 e. The molecule has 6 heteroatoms. The molecule has 0 aliphatic carbocycles. The maximum atomic E-state index is 13.7. The van der Waals surface area contributed by atoms with Crippen LogP contribution in [0.4, 0.5) is 4.39 Å². The fraction of sp³-hybridized carbons (Fsp3) is 0.231.